The van der Waals surface area contributed by atoms with E-state index < -0.39 is 12.5 Å². The minimum absolute atomic E-state index is 0.277. The molecule has 0 aromatic rings. The topological polar surface area (TPSA) is 60.8 Å². The van der Waals surface area contributed by atoms with Gasteiger partial charge in [0.25, 0.3) is 5.91 Å². The predicted molar refractivity (Wildman–Crippen MR) is 30.9 cm³/mol. The van der Waals surface area contributed by atoms with Gasteiger partial charge in [0.2, 0.25) is 0 Å². The van der Waals surface area contributed by atoms with E-state index in [4.69, 9.17) is 10.3 Å². The van der Waals surface area contributed by atoms with Crippen LogP contribution >= 0.6 is 0 Å². The van der Waals surface area contributed by atoms with Gasteiger partial charge in [0.05, 0.1) is 0 Å². The summed E-state index contributed by atoms with van der Waals surface area (Å²) in [5.74, 6) is -0.656. The molecular weight excluding hydrogens is 122 g/mol. The van der Waals surface area contributed by atoms with E-state index in [2.05, 4.69) is 0 Å². The molecule has 0 aliphatic heterocycles. The lowest BCUT2D eigenvalue weighted by Crippen LogP contribution is -2.30. The normalized spacial score (nSPS) is 9.22. The minimum Gasteiger partial charge on any atom is -0.386 e. The summed E-state index contributed by atoms with van der Waals surface area (Å²) in [5, 5.41) is 17.3. The Kier molecular flexibility index (Phi) is 4.00. The summed E-state index contributed by atoms with van der Waals surface area (Å²) in [6.45, 7) is 1.48. The molecule has 0 fully saturated rings. The van der Waals surface area contributed by atoms with Crippen molar-refractivity contribution in [1.82, 2.24) is 5.06 Å². The molecular formula is C5H11NO3. The van der Waals surface area contributed by atoms with E-state index in [1.54, 1.807) is 0 Å². The number of nitrogens with zero attached hydrogens (tertiary/aromatic N) is 1. The fourth-order valence-electron chi connectivity index (χ4n) is 0.418. The molecule has 4 heteroatoms. The Morgan fingerprint density at radius 1 is 1.67 bits per heavy atom. The second-order valence-corrected chi connectivity index (χ2v) is 1.67. The minimum atomic E-state index is -0.656. The van der Waals surface area contributed by atoms with Crippen LogP contribution in [-0.4, -0.2) is 34.4 Å². The predicted octanol–water partition coefficient (Wildman–Crippen LogP) is -0.394. The third-order valence-electron chi connectivity index (χ3n) is 0.859. The van der Waals surface area contributed by atoms with E-state index in [1.165, 1.54) is 0 Å². The molecule has 0 spiro atoms. The maximum atomic E-state index is 10.3. The maximum absolute atomic E-state index is 10.3. The molecule has 0 rings (SSSR count). The van der Waals surface area contributed by atoms with Gasteiger partial charge in [-0.05, 0) is 6.42 Å². The van der Waals surface area contributed by atoms with Crippen molar-refractivity contribution in [2.75, 3.05) is 13.2 Å². The second-order valence-electron chi connectivity index (χ2n) is 1.67. The Labute approximate surface area is 53.7 Å². The molecule has 0 saturated carbocycles. The Hall–Kier alpha value is -0.610. The van der Waals surface area contributed by atoms with Gasteiger partial charge < -0.3 is 5.11 Å². The molecule has 0 aromatic carbocycles. The summed E-state index contributed by atoms with van der Waals surface area (Å²) in [7, 11) is 0. The van der Waals surface area contributed by atoms with Crippen LogP contribution in [0, 0.1) is 0 Å². The summed E-state index contributed by atoms with van der Waals surface area (Å²) >= 11 is 0. The van der Waals surface area contributed by atoms with Gasteiger partial charge in [0, 0.05) is 6.54 Å². The third kappa shape index (κ3) is 3.05. The van der Waals surface area contributed by atoms with Gasteiger partial charge in [0.1, 0.15) is 6.61 Å². The van der Waals surface area contributed by atoms with Crippen molar-refractivity contribution in [3.63, 3.8) is 0 Å². The fourth-order valence-corrected chi connectivity index (χ4v) is 0.418. The summed E-state index contributed by atoms with van der Waals surface area (Å²) < 4.78 is 0. The van der Waals surface area contributed by atoms with E-state index in [0.717, 1.165) is 0 Å². The van der Waals surface area contributed by atoms with Gasteiger partial charge in [-0.15, -0.1) is 0 Å². The van der Waals surface area contributed by atoms with Crippen molar-refractivity contribution in [1.29, 1.82) is 0 Å². The SMILES string of the molecule is CCCN(O)C(=O)CO. The van der Waals surface area contributed by atoms with E-state index in [0.29, 0.717) is 11.5 Å². The summed E-state index contributed by atoms with van der Waals surface area (Å²) in [6.07, 6.45) is 0.683. The highest BCUT2D eigenvalue weighted by Crippen LogP contribution is 1.84. The first-order chi connectivity index (χ1) is 4.22. The lowest BCUT2D eigenvalue weighted by atomic mass is 10.4. The number of hydrogen-bond donors (Lipinski definition) is 2. The zero-order valence-corrected chi connectivity index (χ0v) is 5.37. The highest BCUT2D eigenvalue weighted by atomic mass is 16.5. The number of hydroxylamine groups is 2. The lowest BCUT2D eigenvalue weighted by Gasteiger charge is -2.10. The van der Waals surface area contributed by atoms with Gasteiger partial charge in [-0.25, -0.2) is 5.06 Å². The number of rotatable bonds is 3. The Bertz CT molecular complexity index is 94.2. The number of carbonyl (C=O) groups excluding carboxylic acids is 1. The van der Waals surface area contributed by atoms with Gasteiger partial charge in [-0.1, -0.05) is 6.92 Å². The van der Waals surface area contributed by atoms with Crippen LogP contribution in [0.5, 0.6) is 0 Å². The molecule has 0 radical (unpaired) electrons. The maximum Gasteiger partial charge on any atom is 0.271 e. The van der Waals surface area contributed by atoms with Crippen LogP contribution in [0.25, 0.3) is 0 Å². The van der Waals surface area contributed by atoms with Gasteiger partial charge in [-0.2, -0.15) is 0 Å². The number of carbonyl (C=O) groups is 1. The smallest absolute Gasteiger partial charge is 0.271 e. The largest absolute Gasteiger partial charge is 0.386 e. The lowest BCUT2D eigenvalue weighted by molar-refractivity contribution is -0.168. The Morgan fingerprint density at radius 2 is 2.22 bits per heavy atom. The van der Waals surface area contributed by atoms with Crippen LogP contribution in [0.15, 0.2) is 0 Å². The first-order valence-electron chi connectivity index (χ1n) is 2.82. The van der Waals surface area contributed by atoms with Crippen LogP contribution < -0.4 is 0 Å². The molecule has 0 heterocycles. The molecule has 0 aliphatic rings. The fraction of sp³-hybridized carbons (Fsp3) is 0.800. The van der Waals surface area contributed by atoms with Gasteiger partial charge in [-0.3, -0.25) is 10.0 Å². The molecule has 0 saturated heterocycles. The molecule has 1 amide bonds. The van der Waals surface area contributed by atoms with Crippen molar-refractivity contribution in [3.05, 3.63) is 0 Å². The van der Waals surface area contributed by atoms with Crippen molar-refractivity contribution in [3.8, 4) is 0 Å². The molecule has 0 atom stereocenters. The van der Waals surface area contributed by atoms with Gasteiger partial charge >= 0.3 is 0 Å². The van der Waals surface area contributed by atoms with Gasteiger partial charge in [0.15, 0.2) is 0 Å². The quantitative estimate of drug-likeness (QED) is 0.407. The molecule has 54 valence electrons. The average Bonchev–Trinajstić information content (AvgIpc) is 1.87. The summed E-state index contributed by atoms with van der Waals surface area (Å²) in [5.41, 5.74) is 0. The monoisotopic (exact) mass is 133 g/mol. The molecule has 0 aromatic heterocycles. The summed E-state index contributed by atoms with van der Waals surface area (Å²) in [4.78, 5) is 10.3. The average molecular weight is 133 g/mol. The first kappa shape index (κ1) is 8.39. The third-order valence-corrected chi connectivity index (χ3v) is 0.859. The van der Waals surface area contributed by atoms with Crippen LogP contribution in [0.1, 0.15) is 13.3 Å². The second kappa shape index (κ2) is 4.29. The van der Waals surface area contributed by atoms with Crippen LogP contribution in [0.4, 0.5) is 0 Å². The van der Waals surface area contributed by atoms with E-state index in [1.807, 2.05) is 6.92 Å². The van der Waals surface area contributed by atoms with Crippen LogP contribution in [-0.2, 0) is 4.79 Å². The first-order valence-corrected chi connectivity index (χ1v) is 2.82. The molecule has 2 N–H and O–H groups in total. The van der Waals surface area contributed by atoms with Crippen LogP contribution in [0.3, 0.4) is 0 Å². The Balaban J connectivity index is 3.45. The summed E-state index contributed by atoms with van der Waals surface area (Å²) in [6, 6.07) is 0. The van der Waals surface area contributed by atoms with Crippen molar-refractivity contribution >= 4 is 5.91 Å². The molecule has 9 heavy (non-hydrogen) atoms. The van der Waals surface area contributed by atoms with E-state index >= 15 is 0 Å². The number of aliphatic hydroxyl groups is 1. The zero-order chi connectivity index (χ0) is 7.28. The van der Waals surface area contributed by atoms with Crippen molar-refractivity contribution in [2.24, 2.45) is 0 Å². The number of amides is 1. The van der Waals surface area contributed by atoms with E-state index in [-0.39, 0.29) is 6.54 Å². The van der Waals surface area contributed by atoms with Crippen molar-refractivity contribution < 1.29 is 15.1 Å². The molecule has 4 nitrogen and oxygen atoms in total. The zero-order valence-electron chi connectivity index (χ0n) is 5.37. The highest BCUT2D eigenvalue weighted by molar-refractivity contribution is 5.75. The highest BCUT2D eigenvalue weighted by Gasteiger charge is 2.05. The standard InChI is InChI=1S/C5H11NO3/c1-2-3-6(9)5(8)4-7/h7,9H,2-4H2,1H3. The number of aliphatic hydroxyl groups excluding tert-OH is 1. The Morgan fingerprint density at radius 3 is 2.56 bits per heavy atom. The number of hydrogen-bond acceptors (Lipinski definition) is 3. The van der Waals surface area contributed by atoms with E-state index in [9.17, 15) is 4.79 Å². The molecule has 0 bridgehead atoms. The van der Waals surface area contributed by atoms with Crippen molar-refractivity contribution in [2.45, 2.75) is 13.3 Å². The molecule has 0 unspecified atom stereocenters. The molecule has 0 aliphatic carbocycles. The van der Waals surface area contributed by atoms with Crippen LogP contribution in [0.2, 0.25) is 0 Å².